The number of hydrogen-bond donors (Lipinski definition) is 2. The first-order valence-electron chi connectivity index (χ1n) is 8.12. The highest BCUT2D eigenvalue weighted by Crippen LogP contribution is 2.15. The zero-order valence-electron chi connectivity index (χ0n) is 13.9. The molecule has 0 fully saturated rings. The monoisotopic (exact) mass is 353 g/mol. The zero-order valence-corrected chi connectivity index (χ0v) is 13.9. The summed E-state index contributed by atoms with van der Waals surface area (Å²) in [5.74, 6) is -0.327. The number of amides is 1. The normalized spacial score (nSPS) is 10.4. The number of benzene rings is 2. The van der Waals surface area contributed by atoms with Gasteiger partial charge in [0.05, 0.1) is 5.56 Å². The van der Waals surface area contributed by atoms with Crippen molar-refractivity contribution < 1.29 is 13.6 Å². The molecule has 3 rings (SSSR count). The van der Waals surface area contributed by atoms with Gasteiger partial charge in [-0.15, -0.1) is 0 Å². The molecule has 132 valence electrons. The van der Waals surface area contributed by atoms with Gasteiger partial charge in [-0.05, 0) is 54.4 Å². The number of rotatable bonds is 6. The number of pyridine rings is 1. The van der Waals surface area contributed by atoms with E-state index in [0.717, 1.165) is 0 Å². The van der Waals surface area contributed by atoms with Gasteiger partial charge in [-0.25, -0.2) is 13.8 Å². The van der Waals surface area contributed by atoms with E-state index in [2.05, 4.69) is 15.6 Å². The Morgan fingerprint density at radius 2 is 1.73 bits per heavy atom. The molecule has 0 spiro atoms. The predicted molar refractivity (Wildman–Crippen MR) is 96.4 cm³/mol. The molecule has 2 N–H and O–H groups in total. The Morgan fingerprint density at radius 3 is 2.42 bits per heavy atom. The number of nitrogens with zero attached hydrogens (tertiary/aromatic N) is 1. The third-order valence-corrected chi connectivity index (χ3v) is 3.78. The highest BCUT2D eigenvalue weighted by Gasteiger charge is 2.07. The molecule has 0 saturated heterocycles. The molecular weight excluding hydrogens is 336 g/mol. The molecule has 26 heavy (non-hydrogen) atoms. The van der Waals surface area contributed by atoms with Gasteiger partial charge in [0.15, 0.2) is 0 Å². The van der Waals surface area contributed by atoms with E-state index >= 15 is 0 Å². The predicted octanol–water partition coefficient (Wildman–Crippen LogP) is 4.08. The number of carbonyl (C=O) groups excluding carboxylic acids is 1. The average Bonchev–Trinajstić information content (AvgIpc) is 2.66. The Balaban J connectivity index is 1.53. The summed E-state index contributed by atoms with van der Waals surface area (Å²) in [5.41, 5.74) is 1.66. The minimum absolute atomic E-state index is 0.276. The molecule has 2 aromatic carbocycles. The van der Waals surface area contributed by atoms with E-state index in [9.17, 15) is 13.6 Å². The second-order valence-electron chi connectivity index (χ2n) is 5.66. The van der Waals surface area contributed by atoms with Crippen molar-refractivity contribution in [3.63, 3.8) is 0 Å². The second kappa shape index (κ2) is 8.20. The number of anilines is 2. The molecule has 4 nitrogen and oxygen atoms in total. The van der Waals surface area contributed by atoms with Crippen LogP contribution in [0.1, 0.15) is 15.9 Å². The maximum atomic E-state index is 13.5. The molecule has 0 unspecified atom stereocenters. The molecule has 0 radical (unpaired) electrons. The first kappa shape index (κ1) is 17.5. The summed E-state index contributed by atoms with van der Waals surface area (Å²) in [6, 6.07) is 15.7. The summed E-state index contributed by atoms with van der Waals surface area (Å²) in [7, 11) is 0. The minimum Gasteiger partial charge on any atom is -0.352 e. The summed E-state index contributed by atoms with van der Waals surface area (Å²) in [6.45, 7) is 0.329. The molecule has 3 aromatic rings. The summed E-state index contributed by atoms with van der Waals surface area (Å²) < 4.78 is 26.4. The van der Waals surface area contributed by atoms with Crippen LogP contribution in [0.5, 0.6) is 0 Å². The van der Waals surface area contributed by atoms with E-state index in [1.54, 1.807) is 42.5 Å². The van der Waals surface area contributed by atoms with Crippen LogP contribution in [0.2, 0.25) is 0 Å². The van der Waals surface area contributed by atoms with Crippen molar-refractivity contribution in [2.75, 3.05) is 11.9 Å². The smallest absolute Gasteiger partial charge is 0.252 e. The lowest BCUT2D eigenvalue weighted by molar-refractivity contribution is 0.0953. The van der Waals surface area contributed by atoms with Crippen LogP contribution in [0.25, 0.3) is 0 Å². The Labute approximate surface area is 149 Å². The molecule has 1 heterocycles. The number of halogens is 2. The van der Waals surface area contributed by atoms with Crippen molar-refractivity contribution in [3.05, 3.63) is 89.6 Å². The Hall–Kier alpha value is -3.28. The number of carbonyl (C=O) groups is 1. The topological polar surface area (TPSA) is 54.0 Å². The molecule has 0 aliphatic heterocycles. The second-order valence-corrected chi connectivity index (χ2v) is 5.66. The molecule has 0 bridgehead atoms. The maximum absolute atomic E-state index is 13.5. The van der Waals surface area contributed by atoms with E-state index in [1.165, 1.54) is 24.4 Å². The standard InChI is InChI=1S/C20H17F2N3O/c21-16-6-8-17(9-7-16)25-19-10-5-15(13-24-19)20(26)23-12-11-14-3-1-2-4-18(14)22/h1-10,13H,11-12H2,(H,23,26)(H,24,25). The van der Waals surface area contributed by atoms with Crippen LogP contribution in [0.3, 0.4) is 0 Å². The molecule has 0 aliphatic carbocycles. The number of hydrogen-bond acceptors (Lipinski definition) is 3. The lowest BCUT2D eigenvalue weighted by atomic mass is 10.1. The van der Waals surface area contributed by atoms with Crippen molar-refractivity contribution in [1.29, 1.82) is 0 Å². The number of nitrogens with one attached hydrogen (secondary N) is 2. The molecule has 6 heteroatoms. The molecule has 1 amide bonds. The van der Waals surface area contributed by atoms with Crippen LogP contribution < -0.4 is 10.6 Å². The van der Waals surface area contributed by atoms with Crippen LogP contribution in [0.4, 0.5) is 20.3 Å². The Kier molecular flexibility index (Phi) is 5.53. The van der Waals surface area contributed by atoms with Gasteiger partial charge >= 0.3 is 0 Å². The number of aromatic nitrogens is 1. The zero-order chi connectivity index (χ0) is 18.4. The fraction of sp³-hybridized carbons (Fsp3) is 0.100. The van der Waals surface area contributed by atoms with Crippen LogP contribution in [0.15, 0.2) is 66.9 Å². The summed E-state index contributed by atoms with van der Waals surface area (Å²) in [5, 5.41) is 5.76. The van der Waals surface area contributed by atoms with E-state index in [-0.39, 0.29) is 17.5 Å². The largest absolute Gasteiger partial charge is 0.352 e. The van der Waals surface area contributed by atoms with Crippen LogP contribution in [-0.2, 0) is 6.42 Å². The van der Waals surface area contributed by atoms with Crippen LogP contribution in [0, 0.1) is 11.6 Å². The van der Waals surface area contributed by atoms with Gasteiger partial charge in [0.2, 0.25) is 0 Å². The van der Waals surface area contributed by atoms with Gasteiger partial charge in [0, 0.05) is 18.4 Å². The molecule has 0 atom stereocenters. The Bertz CT molecular complexity index is 880. The summed E-state index contributed by atoms with van der Waals surface area (Å²) in [4.78, 5) is 16.3. The van der Waals surface area contributed by atoms with Gasteiger partial charge < -0.3 is 10.6 Å². The van der Waals surface area contributed by atoms with Gasteiger partial charge in [-0.2, -0.15) is 0 Å². The van der Waals surface area contributed by atoms with Crippen LogP contribution in [-0.4, -0.2) is 17.4 Å². The highest BCUT2D eigenvalue weighted by atomic mass is 19.1. The average molecular weight is 353 g/mol. The maximum Gasteiger partial charge on any atom is 0.252 e. The lowest BCUT2D eigenvalue weighted by Crippen LogP contribution is -2.26. The van der Waals surface area contributed by atoms with E-state index in [1.807, 2.05) is 0 Å². The quantitative estimate of drug-likeness (QED) is 0.702. The SMILES string of the molecule is O=C(NCCc1ccccc1F)c1ccc(Nc2ccc(F)cc2)nc1. The first-order chi connectivity index (χ1) is 12.6. The minimum atomic E-state index is -0.314. The van der Waals surface area contributed by atoms with Gasteiger partial charge in [-0.3, -0.25) is 4.79 Å². The van der Waals surface area contributed by atoms with Crippen molar-refractivity contribution >= 4 is 17.4 Å². The van der Waals surface area contributed by atoms with Gasteiger partial charge in [-0.1, -0.05) is 18.2 Å². The van der Waals surface area contributed by atoms with Gasteiger partial charge in [0.1, 0.15) is 17.5 Å². The van der Waals surface area contributed by atoms with E-state index in [4.69, 9.17) is 0 Å². The van der Waals surface area contributed by atoms with E-state index < -0.39 is 0 Å². The van der Waals surface area contributed by atoms with E-state index in [0.29, 0.717) is 35.6 Å². The fourth-order valence-electron chi connectivity index (χ4n) is 2.40. The third-order valence-electron chi connectivity index (χ3n) is 3.78. The van der Waals surface area contributed by atoms with Crippen LogP contribution >= 0.6 is 0 Å². The molecule has 0 saturated carbocycles. The highest BCUT2D eigenvalue weighted by molar-refractivity contribution is 5.94. The molecule has 0 aliphatic rings. The van der Waals surface area contributed by atoms with Crippen molar-refractivity contribution in [1.82, 2.24) is 10.3 Å². The molecule has 1 aromatic heterocycles. The lowest BCUT2D eigenvalue weighted by Gasteiger charge is -2.08. The summed E-state index contributed by atoms with van der Waals surface area (Å²) >= 11 is 0. The Morgan fingerprint density at radius 1 is 0.962 bits per heavy atom. The van der Waals surface area contributed by atoms with Crippen molar-refractivity contribution in [3.8, 4) is 0 Å². The third kappa shape index (κ3) is 4.63. The molecular formula is C20H17F2N3O. The summed E-state index contributed by atoms with van der Waals surface area (Å²) in [6.07, 6.45) is 1.86. The van der Waals surface area contributed by atoms with Crippen molar-refractivity contribution in [2.24, 2.45) is 0 Å². The van der Waals surface area contributed by atoms with Gasteiger partial charge in [0.25, 0.3) is 5.91 Å². The van der Waals surface area contributed by atoms with Crippen molar-refractivity contribution in [2.45, 2.75) is 6.42 Å². The first-order valence-corrected chi connectivity index (χ1v) is 8.12. The fourth-order valence-corrected chi connectivity index (χ4v) is 2.40.